The lowest BCUT2D eigenvalue weighted by molar-refractivity contribution is -0.147. The van der Waals surface area contributed by atoms with Gasteiger partial charge >= 0.3 is 23.8 Å². The lowest BCUT2D eigenvalue weighted by Crippen LogP contribution is -2.24. The molecule has 1 fully saturated rings. The van der Waals surface area contributed by atoms with Crippen molar-refractivity contribution < 1.29 is 71.2 Å². The average molecular weight is 856 g/mol. The maximum absolute atomic E-state index is 13.8. The summed E-state index contributed by atoms with van der Waals surface area (Å²) in [5.41, 5.74) is -5.35. The van der Waals surface area contributed by atoms with E-state index in [1.807, 2.05) is 0 Å². The zero-order chi connectivity index (χ0) is 40.9. The van der Waals surface area contributed by atoms with Gasteiger partial charge in [0.1, 0.15) is 34.6 Å². The molecule has 0 spiro atoms. The van der Waals surface area contributed by atoms with Gasteiger partial charge in [-0.3, -0.25) is 4.79 Å². The lowest BCUT2D eigenvalue weighted by Gasteiger charge is -2.14. The third-order valence-corrected chi connectivity index (χ3v) is 9.74. The molecule has 0 saturated heterocycles. The smallest absolute Gasteiger partial charge is 0.578 e. The molecule has 7 nitrogen and oxygen atoms in total. The Hall–Kier alpha value is -3.58. The number of carbonyl (C=O) groups excluding carboxylic acids is 1. The monoisotopic (exact) mass is 854 g/mol. The van der Waals surface area contributed by atoms with Crippen molar-refractivity contribution in [1.29, 1.82) is 5.26 Å². The van der Waals surface area contributed by atoms with Gasteiger partial charge in [-0.2, -0.15) is 31.6 Å². The number of allylic oxidation sites excluding steroid dienone is 2. The van der Waals surface area contributed by atoms with E-state index in [2.05, 4.69) is 5.10 Å². The summed E-state index contributed by atoms with van der Waals surface area (Å²) in [5.74, 6) is -10.6. The molecule has 53 heavy (non-hydrogen) atoms. The molecule has 1 aliphatic carbocycles. The van der Waals surface area contributed by atoms with Crippen molar-refractivity contribution in [1.82, 2.24) is 9.78 Å². The second kappa shape index (κ2) is 15.3. The molecule has 0 bridgehead atoms. The summed E-state index contributed by atoms with van der Waals surface area (Å²) in [6, 6.07) is 2.19. The van der Waals surface area contributed by atoms with Crippen molar-refractivity contribution >= 4 is 57.8 Å². The van der Waals surface area contributed by atoms with Gasteiger partial charge < -0.3 is 15.0 Å². The first kappa shape index (κ1) is 43.8. The van der Waals surface area contributed by atoms with Crippen LogP contribution in [0.3, 0.4) is 0 Å². The number of nitrogens with zero attached hydrogens (tertiary/aromatic N) is 3. The third-order valence-electron chi connectivity index (χ3n) is 7.63. The molecular formula is C29H18Cl3F13N4O3S. The molecule has 1 saturated carbocycles. The Labute approximate surface area is 307 Å². The minimum absolute atomic E-state index is 0.433. The van der Waals surface area contributed by atoms with Crippen LogP contribution in [0.15, 0.2) is 28.1 Å². The van der Waals surface area contributed by atoms with Crippen LogP contribution >= 0.6 is 34.8 Å². The van der Waals surface area contributed by atoms with Gasteiger partial charge in [0.25, 0.3) is 0 Å². The molecule has 3 atom stereocenters. The van der Waals surface area contributed by atoms with Gasteiger partial charge in [-0.15, -0.1) is 18.3 Å². The van der Waals surface area contributed by atoms with Crippen LogP contribution < -0.4 is 5.73 Å². The molecule has 0 aliphatic heterocycles. The van der Waals surface area contributed by atoms with Crippen LogP contribution in [0, 0.1) is 58.8 Å². The van der Waals surface area contributed by atoms with Gasteiger partial charge in [0.05, 0.1) is 27.1 Å². The van der Waals surface area contributed by atoms with Crippen LogP contribution in [0.4, 0.5) is 62.9 Å². The minimum Gasteiger partial charge on any atom is -0.604 e. The molecule has 2 aromatic carbocycles. The second-order valence-corrected chi connectivity index (χ2v) is 14.0. The lowest BCUT2D eigenvalue weighted by atomic mass is 10.1. The number of carbonyl (C=O) groups is 1. The zero-order valence-corrected chi connectivity index (χ0v) is 29.3. The van der Waals surface area contributed by atoms with E-state index in [1.54, 1.807) is 0 Å². The molecular weight excluding hydrogens is 838 g/mol. The molecule has 4 rings (SSSR count). The molecule has 0 amide bonds. The summed E-state index contributed by atoms with van der Waals surface area (Å²) in [6.07, 6.45) is -8.90. The van der Waals surface area contributed by atoms with Crippen molar-refractivity contribution in [2.45, 2.75) is 50.1 Å². The molecule has 0 radical (unpaired) electrons. The van der Waals surface area contributed by atoms with E-state index in [0.29, 0.717) is 22.9 Å². The normalized spacial score (nSPS) is 17.8. The van der Waals surface area contributed by atoms with Gasteiger partial charge in [0.15, 0.2) is 29.1 Å². The molecule has 290 valence electrons. The fraction of sp³-hybridized carbons (Fsp3) is 0.345. The highest BCUT2D eigenvalue weighted by atomic mass is 35.5. The molecule has 1 heterocycles. The number of ether oxygens (including phenoxy) is 1. The summed E-state index contributed by atoms with van der Waals surface area (Å²) in [5, 5.41) is 9.65. The van der Waals surface area contributed by atoms with Gasteiger partial charge in [-0.05, 0) is 30.4 Å². The van der Waals surface area contributed by atoms with Crippen molar-refractivity contribution in [2.75, 3.05) is 5.73 Å². The second-order valence-electron chi connectivity index (χ2n) is 11.4. The Kier molecular flexibility index (Phi) is 12.6. The highest BCUT2D eigenvalue weighted by Gasteiger charge is 2.62. The number of halogens is 16. The SMILES string of the molecule is Cc1c(F)c(F)c(COC(=O)C2C(/C=C(\Cl)C(F)(F)F)C2(C)C)c(F)c1F.N#Cc1nn(-c2c(Cl)cc(C(F)(F)F)cc2Cl)c(N)c1[S+]([O-])C(F)(F)F. The number of anilines is 1. The van der Waals surface area contributed by atoms with E-state index < -0.39 is 136 Å². The first-order chi connectivity index (χ1) is 24.0. The van der Waals surface area contributed by atoms with Crippen molar-refractivity contribution in [3.8, 4) is 11.8 Å². The van der Waals surface area contributed by atoms with Crippen molar-refractivity contribution in [3.05, 3.63) is 78.9 Å². The van der Waals surface area contributed by atoms with Crippen LogP contribution in [0.2, 0.25) is 10.0 Å². The highest BCUT2D eigenvalue weighted by Crippen LogP contribution is 2.60. The van der Waals surface area contributed by atoms with E-state index >= 15 is 0 Å². The highest BCUT2D eigenvalue weighted by molar-refractivity contribution is 7.92. The Balaban J connectivity index is 0.000000286. The first-order valence-electron chi connectivity index (χ1n) is 13.8. The molecule has 3 aromatic rings. The van der Waals surface area contributed by atoms with Crippen LogP contribution in [-0.2, 0) is 33.5 Å². The summed E-state index contributed by atoms with van der Waals surface area (Å²) in [7, 11) is 0. The minimum atomic E-state index is -5.25. The standard InChI is InChI=1S/C17H14ClF7O2.C12H4Cl2F6N4OS/c1-6-11(19)13(21)7(14(22)12(6)20)5-27-15(26)10-8(16(10,2)3)4-9(18)17(23,24)25;13-5-1-4(11(15,16)17)2-6(14)8(5)24-10(22)9(7(3-21)23-24)26(25)12(18,19)20/h4,8,10H,5H2,1-3H3;1-2H,22H2/b9-4-;. The van der Waals surface area contributed by atoms with Crippen LogP contribution in [0.1, 0.15) is 36.2 Å². The average Bonchev–Trinajstić information content (AvgIpc) is 3.41. The molecule has 1 aliphatic rings. The topological polar surface area (TPSA) is 117 Å². The number of nitriles is 1. The predicted molar refractivity (Wildman–Crippen MR) is 162 cm³/mol. The number of nitrogens with two attached hydrogens (primary N) is 1. The van der Waals surface area contributed by atoms with E-state index in [0.717, 1.165) is 6.92 Å². The Bertz CT molecular complexity index is 1960. The van der Waals surface area contributed by atoms with Crippen molar-refractivity contribution in [3.63, 3.8) is 0 Å². The zero-order valence-electron chi connectivity index (χ0n) is 26.2. The number of hydrogen-bond donors (Lipinski definition) is 1. The fourth-order valence-corrected chi connectivity index (χ4v) is 6.28. The summed E-state index contributed by atoms with van der Waals surface area (Å²) in [6.45, 7) is 2.68. The predicted octanol–water partition coefficient (Wildman–Crippen LogP) is 9.83. The van der Waals surface area contributed by atoms with Crippen LogP contribution in [0.25, 0.3) is 5.69 Å². The van der Waals surface area contributed by atoms with E-state index in [4.69, 9.17) is 50.5 Å². The van der Waals surface area contributed by atoms with Gasteiger partial charge in [0.2, 0.25) is 10.6 Å². The largest absolute Gasteiger partial charge is 0.604 e. The number of rotatable bonds is 6. The fourth-order valence-electron chi connectivity index (χ4n) is 4.73. The molecule has 24 heteroatoms. The Morgan fingerprint density at radius 2 is 1.53 bits per heavy atom. The van der Waals surface area contributed by atoms with E-state index in [1.165, 1.54) is 19.9 Å². The molecule has 2 N–H and O–H groups in total. The Morgan fingerprint density at radius 3 is 1.94 bits per heavy atom. The van der Waals surface area contributed by atoms with Gasteiger partial charge in [-0.25, -0.2) is 22.2 Å². The maximum Gasteiger partial charge on any atom is 0.578 e. The molecule has 3 unspecified atom stereocenters. The number of aromatic nitrogens is 2. The quantitative estimate of drug-likeness (QED) is 0.114. The maximum atomic E-state index is 13.8. The summed E-state index contributed by atoms with van der Waals surface area (Å²) >= 11 is 12.9. The third kappa shape index (κ3) is 9.04. The summed E-state index contributed by atoms with van der Waals surface area (Å²) in [4.78, 5) is 10.9. The van der Waals surface area contributed by atoms with Crippen molar-refractivity contribution in [2.24, 2.45) is 17.3 Å². The Morgan fingerprint density at radius 1 is 1.04 bits per heavy atom. The first-order valence-corrected chi connectivity index (χ1v) is 16.0. The number of alkyl halides is 9. The number of esters is 1. The van der Waals surface area contributed by atoms with E-state index in [9.17, 15) is 66.4 Å². The molecule has 1 aromatic heterocycles. The van der Waals surface area contributed by atoms with Gasteiger partial charge in [-0.1, -0.05) is 54.7 Å². The van der Waals surface area contributed by atoms with E-state index in [-0.39, 0.29) is 0 Å². The van der Waals surface area contributed by atoms with Gasteiger partial charge in [0, 0.05) is 5.56 Å². The van der Waals surface area contributed by atoms with Crippen LogP contribution in [0.5, 0.6) is 0 Å². The van der Waals surface area contributed by atoms with Crippen LogP contribution in [-0.4, -0.2) is 32.0 Å². The number of nitrogen functional groups attached to an aromatic ring is 1. The summed E-state index contributed by atoms with van der Waals surface area (Å²) < 4.78 is 185. The number of hydrogen-bond acceptors (Lipinski definition) is 6. The number of benzene rings is 2.